The van der Waals surface area contributed by atoms with E-state index in [2.05, 4.69) is 15.2 Å². The molecule has 0 saturated carbocycles. The van der Waals surface area contributed by atoms with E-state index in [1.807, 2.05) is 7.05 Å². The minimum absolute atomic E-state index is 0.240. The van der Waals surface area contributed by atoms with E-state index in [9.17, 15) is 9.18 Å². The van der Waals surface area contributed by atoms with Crippen LogP contribution < -0.4 is 4.90 Å². The Hall–Kier alpha value is -3.03. The summed E-state index contributed by atoms with van der Waals surface area (Å²) in [5.74, 6) is 0.0659. The van der Waals surface area contributed by atoms with Crippen LogP contribution in [0.5, 0.6) is 0 Å². The fourth-order valence-electron chi connectivity index (χ4n) is 2.45. The molecule has 0 fully saturated rings. The zero-order valence-electron chi connectivity index (χ0n) is 11.6. The fourth-order valence-corrected chi connectivity index (χ4v) is 2.45. The normalized spacial score (nSPS) is 13.7. The number of pyridine rings is 1. The van der Waals surface area contributed by atoms with Crippen LogP contribution in [0.1, 0.15) is 16.1 Å². The first kappa shape index (κ1) is 12.7. The smallest absolute Gasteiger partial charge is 0.263 e. The van der Waals surface area contributed by atoms with E-state index in [0.717, 1.165) is 0 Å². The lowest BCUT2D eigenvalue weighted by Crippen LogP contribution is -2.25. The number of nitrogens with zero attached hydrogens (tertiary/aromatic N) is 6. The van der Waals surface area contributed by atoms with Gasteiger partial charge in [-0.25, -0.2) is 9.67 Å². The van der Waals surface area contributed by atoms with Crippen LogP contribution in [0.15, 0.2) is 36.7 Å². The Morgan fingerprint density at radius 1 is 1.18 bits per heavy atom. The average Bonchev–Trinajstić information content (AvgIpc) is 3.15. The lowest BCUT2D eigenvalue weighted by molar-refractivity contribution is 0.0995. The number of carbonyl (C=O) groups excluding carboxylic acids is 1. The molecule has 0 aliphatic carbocycles. The molecule has 3 aromatic heterocycles. The van der Waals surface area contributed by atoms with Crippen LogP contribution >= 0.6 is 0 Å². The van der Waals surface area contributed by atoms with E-state index in [1.54, 1.807) is 33.9 Å². The number of amides is 1. The lowest BCUT2D eigenvalue weighted by Gasteiger charge is -2.14. The second-order valence-electron chi connectivity index (χ2n) is 4.99. The number of halogens is 1. The number of anilines is 1. The van der Waals surface area contributed by atoms with Crippen molar-refractivity contribution in [2.75, 3.05) is 4.90 Å². The predicted molar refractivity (Wildman–Crippen MR) is 75.0 cm³/mol. The maximum atomic E-state index is 13.2. The minimum Gasteiger partial charge on any atom is -0.286 e. The van der Waals surface area contributed by atoms with E-state index in [1.165, 1.54) is 17.0 Å². The van der Waals surface area contributed by atoms with Gasteiger partial charge in [-0.2, -0.15) is 14.6 Å². The van der Waals surface area contributed by atoms with Gasteiger partial charge < -0.3 is 0 Å². The molecule has 0 radical (unpaired) electrons. The van der Waals surface area contributed by atoms with Crippen LogP contribution in [0.25, 0.3) is 5.82 Å². The average molecular weight is 298 g/mol. The molecule has 0 saturated heterocycles. The molecule has 0 unspecified atom stereocenters. The summed E-state index contributed by atoms with van der Waals surface area (Å²) >= 11 is 0. The van der Waals surface area contributed by atoms with Gasteiger partial charge in [-0.1, -0.05) is 6.07 Å². The number of fused-ring (bicyclic) bond motifs is 1. The Kier molecular flexibility index (Phi) is 2.59. The Morgan fingerprint density at radius 3 is 2.73 bits per heavy atom. The van der Waals surface area contributed by atoms with Crippen molar-refractivity contribution in [3.8, 4) is 5.82 Å². The van der Waals surface area contributed by atoms with E-state index in [0.29, 0.717) is 17.1 Å². The van der Waals surface area contributed by atoms with E-state index >= 15 is 0 Å². The summed E-state index contributed by atoms with van der Waals surface area (Å²) in [6.45, 7) is 0.268. The van der Waals surface area contributed by atoms with Gasteiger partial charge in [-0.05, 0) is 12.1 Å². The van der Waals surface area contributed by atoms with Crippen molar-refractivity contribution in [3.63, 3.8) is 0 Å². The molecule has 8 heteroatoms. The molecule has 0 aromatic carbocycles. The number of aromatic nitrogens is 5. The summed E-state index contributed by atoms with van der Waals surface area (Å²) in [5, 5.41) is 8.62. The molecule has 4 heterocycles. The summed E-state index contributed by atoms with van der Waals surface area (Å²) in [4.78, 5) is 17.6. The van der Waals surface area contributed by atoms with Crippen LogP contribution in [-0.2, 0) is 13.6 Å². The Morgan fingerprint density at radius 2 is 2.05 bits per heavy atom. The van der Waals surface area contributed by atoms with Crippen molar-refractivity contribution >= 4 is 11.7 Å². The van der Waals surface area contributed by atoms with Crippen molar-refractivity contribution in [1.82, 2.24) is 24.5 Å². The summed E-state index contributed by atoms with van der Waals surface area (Å²) < 4.78 is 16.4. The van der Waals surface area contributed by atoms with Gasteiger partial charge in [0.05, 0.1) is 17.8 Å². The van der Waals surface area contributed by atoms with Crippen LogP contribution in [0, 0.1) is 5.95 Å². The van der Waals surface area contributed by atoms with E-state index in [4.69, 9.17) is 0 Å². The van der Waals surface area contributed by atoms with Crippen LogP contribution in [0.3, 0.4) is 0 Å². The zero-order valence-corrected chi connectivity index (χ0v) is 11.6. The maximum absolute atomic E-state index is 13.2. The third kappa shape index (κ3) is 1.88. The number of rotatable bonds is 2. The van der Waals surface area contributed by atoms with E-state index < -0.39 is 5.95 Å². The van der Waals surface area contributed by atoms with E-state index in [-0.39, 0.29) is 18.3 Å². The summed E-state index contributed by atoms with van der Waals surface area (Å²) in [6.07, 6.45) is 3.44. The largest absolute Gasteiger partial charge is 0.286 e. The molecule has 7 nitrogen and oxygen atoms in total. The van der Waals surface area contributed by atoms with Gasteiger partial charge in [0.2, 0.25) is 5.95 Å². The summed E-state index contributed by atoms with van der Waals surface area (Å²) in [6, 6.07) is 6.16. The number of carbonyl (C=O) groups is 1. The van der Waals surface area contributed by atoms with Crippen LogP contribution in [0.4, 0.5) is 10.2 Å². The van der Waals surface area contributed by atoms with Gasteiger partial charge in [0.15, 0.2) is 5.82 Å². The fraction of sp³-hybridized carbons (Fsp3) is 0.143. The molecule has 0 bridgehead atoms. The monoisotopic (exact) mass is 298 g/mol. The highest BCUT2D eigenvalue weighted by Crippen LogP contribution is 2.26. The third-order valence-electron chi connectivity index (χ3n) is 3.49. The van der Waals surface area contributed by atoms with Gasteiger partial charge in [0, 0.05) is 25.5 Å². The molecule has 0 atom stereocenters. The molecule has 1 aliphatic heterocycles. The van der Waals surface area contributed by atoms with Gasteiger partial charge >= 0.3 is 0 Å². The molecule has 0 spiro atoms. The number of aryl methyl sites for hydroxylation is 1. The van der Waals surface area contributed by atoms with Crippen molar-refractivity contribution in [2.24, 2.45) is 7.05 Å². The topological polar surface area (TPSA) is 68.8 Å². The SMILES string of the molecule is Cn1ccc(-n2cc3c(n2)CN(c2cccc(F)n2)C3=O)n1. The summed E-state index contributed by atoms with van der Waals surface area (Å²) in [7, 11) is 1.81. The minimum atomic E-state index is -0.617. The molecular weight excluding hydrogens is 287 g/mol. The molecule has 3 aromatic rings. The molecule has 110 valence electrons. The number of hydrogen-bond donors (Lipinski definition) is 0. The molecule has 1 aliphatic rings. The van der Waals surface area contributed by atoms with Gasteiger partial charge in [-0.15, -0.1) is 0 Å². The highest BCUT2D eigenvalue weighted by atomic mass is 19.1. The highest BCUT2D eigenvalue weighted by Gasteiger charge is 2.33. The standard InChI is InChI=1S/C14H11FN6O/c1-19-6-5-13(18-19)21-7-9-10(17-21)8-20(14(9)22)12-4-2-3-11(15)16-12/h2-7H,8H2,1H3. The Labute approximate surface area is 124 Å². The van der Waals surface area contributed by atoms with Crippen LogP contribution in [0.2, 0.25) is 0 Å². The van der Waals surface area contributed by atoms with Gasteiger partial charge in [0.1, 0.15) is 5.82 Å². The first-order valence-corrected chi connectivity index (χ1v) is 6.65. The molecular formula is C14H11FN6O. The second-order valence-corrected chi connectivity index (χ2v) is 4.99. The first-order valence-electron chi connectivity index (χ1n) is 6.65. The summed E-state index contributed by atoms with van der Waals surface area (Å²) in [5.41, 5.74) is 1.11. The second kappa shape index (κ2) is 4.48. The predicted octanol–water partition coefficient (Wildman–Crippen LogP) is 1.30. The Bertz CT molecular complexity index is 883. The first-order chi connectivity index (χ1) is 10.6. The molecule has 0 N–H and O–H groups in total. The van der Waals surface area contributed by atoms with Gasteiger partial charge in [-0.3, -0.25) is 14.4 Å². The quantitative estimate of drug-likeness (QED) is 0.669. The third-order valence-corrected chi connectivity index (χ3v) is 3.49. The van der Waals surface area contributed by atoms with Crippen molar-refractivity contribution in [3.05, 3.63) is 53.9 Å². The number of hydrogen-bond acceptors (Lipinski definition) is 4. The van der Waals surface area contributed by atoms with Crippen molar-refractivity contribution < 1.29 is 9.18 Å². The maximum Gasteiger partial charge on any atom is 0.263 e. The zero-order chi connectivity index (χ0) is 15.3. The molecule has 4 rings (SSSR count). The molecule has 22 heavy (non-hydrogen) atoms. The van der Waals surface area contributed by atoms with Crippen LogP contribution in [-0.4, -0.2) is 30.5 Å². The lowest BCUT2D eigenvalue weighted by atomic mass is 10.3. The van der Waals surface area contributed by atoms with Gasteiger partial charge in [0.25, 0.3) is 5.91 Å². The highest BCUT2D eigenvalue weighted by molar-refractivity contribution is 6.09. The van der Waals surface area contributed by atoms with Crippen molar-refractivity contribution in [1.29, 1.82) is 0 Å². The Balaban J connectivity index is 1.68. The van der Waals surface area contributed by atoms with Crippen molar-refractivity contribution in [2.45, 2.75) is 6.54 Å². The molecule has 1 amide bonds.